The molecule has 1 amide bonds. The van der Waals surface area contributed by atoms with Crippen LogP contribution in [0.4, 0.5) is 0 Å². The highest BCUT2D eigenvalue weighted by atomic mass is 32.2. The van der Waals surface area contributed by atoms with Gasteiger partial charge in [-0.15, -0.1) is 0 Å². The molecule has 2 N–H and O–H groups in total. The molecule has 1 saturated heterocycles. The molecule has 1 fully saturated rings. The van der Waals surface area contributed by atoms with Crippen LogP contribution >= 0.6 is 0 Å². The Kier molecular flexibility index (Phi) is 6.86. The lowest BCUT2D eigenvalue weighted by Crippen LogP contribution is -2.42. The van der Waals surface area contributed by atoms with Crippen molar-refractivity contribution in [3.05, 3.63) is 0 Å². The number of carbonyl (C=O) groups is 1. The van der Waals surface area contributed by atoms with E-state index in [1.54, 1.807) is 6.92 Å². The standard InChI is InChI=1S/C13H26N2O2S/c1-11(7-8-14)18(17)12(2)13(16)15-9-5-3-4-6-10-15/h11-12H,3-10,14H2,1-2H3. The number of rotatable bonds is 5. The van der Waals surface area contributed by atoms with Gasteiger partial charge in [-0.05, 0) is 32.7 Å². The molecule has 3 unspecified atom stereocenters. The summed E-state index contributed by atoms with van der Waals surface area (Å²) in [5, 5.41) is -0.398. The summed E-state index contributed by atoms with van der Waals surface area (Å²) in [6.07, 6.45) is 5.26. The maximum atomic E-state index is 12.3. The number of hydrogen-bond acceptors (Lipinski definition) is 3. The summed E-state index contributed by atoms with van der Waals surface area (Å²) < 4.78 is 12.2. The molecular formula is C13H26N2O2S. The minimum absolute atomic E-state index is 0.000859. The molecule has 1 aliphatic heterocycles. The molecule has 3 atom stereocenters. The van der Waals surface area contributed by atoms with Gasteiger partial charge in [0.2, 0.25) is 5.91 Å². The molecule has 0 radical (unpaired) electrons. The van der Waals surface area contributed by atoms with Crippen LogP contribution in [0.15, 0.2) is 0 Å². The molecule has 1 heterocycles. The van der Waals surface area contributed by atoms with Gasteiger partial charge in [0.15, 0.2) is 0 Å². The van der Waals surface area contributed by atoms with Crippen molar-refractivity contribution in [2.45, 2.75) is 56.5 Å². The Morgan fingerprint density at radius 3 is 2.28 bits per heavy atom. The van der Waals surface area contributed by atoms with Crippen LogP contribution in [0.2, 0.25) is 0 Å². The Morgan fingerprint density at radius 2 is 1.78 bits per heavy atom. The zero-order valence-corrected chi connectivity index (χ0v) is 12.4. The number of carbonyl (C=O) groups excluding carboxylic acids is 1. The summed E-state index contributed by atoms with van der Waals surface area (Å²) in [6, 6.07) is 0. The van der Waals surface area contributed by atoms with Crippen LogP contribution in [-0.4, -0.2) is 45.2 Å². The molecule has 106 valence electrons. The van der Waals surface area contributed by atoms with Crippen molar-refractivity contribution >= 4 is 16.7 Å². The lowest BCUT2D eigenvalue weighted by Gasteiger charge is -2.25. The lowest BCUT2D eigenvalue weighted by molar-refractivity contribution is -0.130. The van der Waals surface area contributed by atoms with Gasteiger partial charge >= 0.3 is 0 Å². The van der Waals surface area contributed by atoms with E-state index in [0.717, 1.165) is 25.9 Å². The zero-order valence-electron chi connectivity index (χ0n) is 11.6. The molecule has 5 heteroatoms. The summed E-state index contributed by atoms with van der Waals surface area (Å²) >= 11 is 0. The highest BCUT2D eigenvalue weighted by molar-refractivity contribution is 7.87. The quantitative estimate of drug-likeness (QED) is 0.821. The molecular weight excluding hydrogens is 248 g/mol. The third kappa shape index (κ3) is 4.35. The fourth-order valence-corrected chi connectivity index (χ4v) is 3.76. The third-order valence-electron chi connectivity index (χ3n) is 3.58. The SMILES string of the molecule is CC(CCN)S(=O)C(C)C(=O)N1CCCCCC1. The van der Waals surface area contributed by atoms with E-state index in [1.165, 1.54) is 12.8 Å². The average molecular weight is 274 g/mol. The summed E-state index contributed by atoms with van der Waals surface area (Å²) in [7, 11) is -1.12. The van der Waals surface area contributed by atoms with Gasteiger partial charge in [0.25, 0.3) is 0 Å². The van der Waals surface area contributed by atoms with Crippen molar-refractivity contribution in [3.63, 3.8) is 0 Å². The van der Waals surface area contributed by atoms with Gasteiger partial charge in [-0.1, -0.05) is 19.8 Å². The van der Waals surface area contributed by atoms with Gasteiger partial charge in [-0.3, -0.25) is 9.00 Å². The Morgan fingerprint density at radius 1 is 1.22 bits per heavy atom. The van der Waals surface area contributed by atoms with E-state index >= 15 is 0 Å². The number of amides is 1. The predicted octanol–water partition coefficient (Wildman–Crippen LogP) is 1.26. The molecule has 0 aromatic carbocycles. The molecule has 0 aromatic heterocycles. The Bertz CT molecular complexity index is 289. The van der Waals surface area contributed by atoms with Gasteiger partial charge < -0.3 is 10.6 Å². The van der Waals surface area contributed by atoms with E-state index in [4.69, 9.17) is 5.73 Å². The second-order valence-electron chi connectivity index (χ2n) is 5.10. The van der Waals surface area contributed by atoms with E-state index in [0.29, 0.717) is 13.0 Å². The van der Waals surface area contributed by atoms with Crippen molar-refractivity contribution < 1.29 is 9.00 Å². The van der Waals surface area contributed by atoms with Gasteiger partial charge in [-0.2, -0.15) is 0 Å². The third-order valence-corrected chi connectivity index (χ3v) is 5.51. The first kappa shape index (κ1) is 15.6. The van der Waals surface area contributed by atoms with Crippen LogP contribution in [0, 0.1) is 0 Å². The number of likely N-dealkylation sites (tertiary alicyclic amines) is 1. The van der Waals surface area contributed by atoms with Gasteiger partial charge in [0, 0.05) is 29.1 Å². The van der Waals surface area contributed by atoms with Crippen molar-refractivity contribution in [1.82, 2.24) is 4.90 Å². The van der Waals surface area contributed by atoms with Crippen LogP contribution in [0.25, 0.3) is 0 Å². The molecule has 0 bridgehead atoms. The normalized spacial score (nSPS) is 22.1. The van der Waals surface area contributed by atoms with E-state index in [-0.39, 0.29) is 11.2 Å². The van der Waals surface area contributed by atoms with Crippen LogP contribution in [0.5, 0.6) is 0 Å². The largest absolute Gasteiger partial charge is 0.342 e. The van der Waals surface area contributed by atoms with E-state index < -0.39 is 16.0 Å². The molecule has 18 heavy (non-hydrogen) atoms. The second-order valence-corrected chi connectivity index (χ2v) is 7.27. The topological polar surface area (TPSA) is 63.4 Å². The van der Waals surface area contributed by atoms with Crippen molar-refractivity contribution in [1.29, 1.82) is 0 Å². The van der Waals surface area contributed by atoms with E-state index in [9.17, 15) is 9.00 Å². The summed E-state index contributed by atoms with van der Waals surface area (Å²) in [5.74, 6) is 0.0547. The molecule has 0 saturated carbocycles. The highest BCUT2D eigenvalue weighted by Crippen LogP contribution is 2.14. The van der Waals surface area contributed by atoms with Gasteiger partial charge in [0.1, 0.15) is 5.25 Å². The molecule has 0 aliphatic carbocycles. The molecule has 1 rings (SSSR count). The van der Waals surface area contributed by atoms with E-state index in [1.807, 2.05) is 11.8 Å². The summed E-state index contributed by atoms with van der Waals surface area (Å²) in [4.78, 5) is 14.2. The second kappa shape index (κ2) is 7.89. The van der Waals surface area contributed by atoms with Crippen LogP contribution < -0.4 is 5.73 Å². The summed E-state index contributed by atoms with van der Waals surface area (Å²) in [5.41, 5.74) is 5.48. The predicted molar refractivity (Wildman–Crippen MR) is 75.8 cm³/mol. The van der Waals surface area contributed by atoms with Gasteiger partial charge in [-0.25, -0.2) is 0 Å². The lowest BCUT2D eigenvalue weighted by atomic mass is 10.2. The van der Waals surface area contributed by atoms with Gasteiger partial charge in [0.05, 0.1) is 0 Å². The fraction of sp³-hybridized carbons (Fsp3) is 0.923. The average Bonchev–Trinajstić information content (AvgIpc) is 2.65. The molecule has 4 nitrogen and oxygen atoms in total. The van der Waals surface area contributed by atoms with E-state index in [2.05, 4.69) is 0 Å². The highest BCUT2D eigenvalue weighted by Gasteiger charge is 2.28. The van der Waals surface area contributed by atoms with Crippen LogP contribution in [-0.2, 0) is 15.6 Å². The monoisotopic (exact) mass is 274 g/mol. The molecule has 1 aliphatic rings. The Balaban J connectivity index is 2.56. The van der Waals surface area contributed by atoms with Crippen molar-refractivity contribution in [3.8, 4) is 0 Å². The molecule has 0 aromatic rings. The number of nitrogens with two attached hydrogens (primary N) is 1. The smallest absolute Gasteiger partial charge is 0.238 e. The first-order valence-corrected chi connectivity index (χ1v) is 8.23. The zero-order chi connectivity index (χ0) is 13.5. The maximum absolute atomic E-state index is 12.3. The summed E-state index contributed by atoms with van der Waals surface area (Å²) in [6.45, 7) is 5.88. The first-order chi connectivity index (χ1) is 8.57. The minimum Gasteiger partial charge on any atom is -0.342 e. The molecule has 0 spiro atoms. The minimum atomic E-state index is -1.12. The van der Waals surface area contributed by atoms with Crippen molar-refractivity contribution in [2.24, 2.45) is 5.73 Å². The first-order valence-electron chi connectivity index (χ1n) is 6.96. The maximum Gasteiger partial charge on any atom is 0.238 e. The van der Waals surface area contributed by atoms with Crippen LogP contribution in [0.1, 0.15) is 46.0 Å². The van der Waals surface area contributed by atoms with Crippen molar-refractivity contribution in [2.75, 3.05) is 19.6 Å². The number of nitrogens with zero attached hydrogens (tertiary/aromatic N) is 1. The fourth-order valence-electron chi connectivity index (χ4n) is 2.35. The van der Waals surface area contributed by atoms with Crippen LogP contribution in [0.3, 0.4) is 0 Å². The number of hydrogen-bond donors (Lipinski definition) is 1. The Labute approximate surface area is 113 Å². The Hall–Kier alpha value is -0.420.